The molecule has 1 amide bonds. The van der Waals surface area contributed by atoms with Crippen LogP contribution in [0.5, 0.6) is 0 Å². The number of carboxylic acid groups (broad SMARTS) is 1. The topological polar surface area (TPSA) is 104 Å². The van der Waals surface area contributed by atoms with Gasteiger partial charge in [0.25, 0.3) is 0 Å². The molecule has 0 fully saturated rings. The number of carbonyl (C=O) groups excluding carboxylic acids is 1. The number of aromatic nitrogens is 2. The second kappa shape index (κ2) is 5.43. The number of para-hydroxylation sites is 1. The number of nitrogens with one attached hydrogen (secondary N) is 2. The summed E-state index contributed by atoms with van der Waals surface area (Å²) >= 11 is 0. The molecule has 21 heavy (non-hydrogen) atoms. The van der Waals surface area contributed by atoms with Gasteiger partial charge in [-0.15, -0.1) is 0 Å². The molecule has 1 unspecified atom stereocenters. The fourth-order valence-electron chi connectivity index (χ4n) is 2.25. The molecule has 0 saturated carbocycles. The van der Waals surface area contributed by atoms with Crippen molar-refractivity contribution < 1.29 is 14.7 Å². The molecule has 112 valence electrons. The Labute approximate surface area is 120 Å². The van der Waals surface area contributed by atoms with E-state index in [1.54, 1.807) is 19.1 Å². The maximum Gasteiger partial charge on any atom is 0.337 e. The van der Waals surface area contributed by atoms with Crippen molar-refractivity contribution in [3.05, 3.63) is 34.2 Å². The highest BCUT2D eigenvalue weighted by Crippen LogP contribution is 2.19. The molecule has 1 heterocycles. The predicted molar refractivity (Wildman–Crippen MR) is 77.5 cm³/mol. The summed E-state index contributed by atoms with van der Waals surface area (Å²) in [4.78, 5) is 38.1. The van der Waals surface area contributed by atoms with Gasteiger partial charge >= 0.3 is 11.7 Å². The van der Waals surface area contributed by atoms with Crippen LogP contribution in [0.15, 0.2) is 23.0 Å². The number of aromatic amines is 1. The van der Waals surface area contributed by atoms with E-state index in [1.807, 2.05) is 13.8 Å². The maximum absolute atomic E-state index is 12.1. The number of nitrogens with zero attached hydrogens (tertiary/aromatic N) is 1. The largest absolute Gasteiger partial charge is 0.478 e. The van der Waals surface area contributed by atoms with Gasteiger partial charge in [0.15, 0.2) is 0 Å². The van der Waals surface area contributed by atoms with Crippen LogP contribution in [0.25, 0.3) is 11.0 Å². The Bertz CT molecular complexity index is 757. The van der Waals surface area contributed by atoms with E-state index in [1.165, 1.54) is 10.6 Å². The molecule has 2 aromatic rings. The Hall–Kier alpha value is -2.57. The second-order valence-corrected chi connectivity index (χ2v) is 5.15. The van der Waals surface area contributed by atoms with Gasteiger partial charge in [-0.1, -0.05) is 6.07 Å². The Balaban J connectivity index is 2.63. The zero-order valence-corrected chi connectivity index (χ0v) is 12.0. The van der Waals surface area contributed by atoms with Crippen LogP contribution in [0, 0.1) is 0 Å². The van der Waals surface area contributed by atoms with Crippen LogP contribution in [0.3, 0.4) is 0 Å². The Morgan fingerprint density at radius 1 is 1.29 bits per heavy atom. The monoisotopic (exact) mass is 291 g/mol. The highest BCUT2D eigenvalue weighted by atomic mass is 16.4. The van der Waals surface area contributed by atoms with E-state index >= 15 is 0 Å². The molecule has 0 bridgehead atoms. The average molecular weight is 291 g/mol. The number of amides is 1. The number of aromatic carboxylic acids is 1. The first-order valence-electron chi connectivity index (χ1n) is 6.59. The van der Waals surface area contributed by atoms with E-state index in [-0.39, 0.29) is 23.0 Å². The molecular formula is C14H17N3O4. The zero-order chi connectivity index (χ0) is 15.7. The number of carbonyl (C=O) groups is 2. The highest BCUT2D eigenvalue weighted by molar-refractivity contribution is 6.01. The van der Waals surface area contributed by atoms with E-state index in [9.17, 15) is 19.5 Å². The summed E-state index contributed by atoms with van der Waals surface area (Å²) < 4.78 is 1.18. The van der Waals surface area contributed by atoms with Gasteiger partial charge in [0, 0.05) is 6.04 Å². The van der Waals surface area contributed by atoms with Gasteiger partial charge in [0.05, 0.1) is 16.6 Å². The molecule has 2 rings (SSSR count). The van der Waals surface area contributed by atoms with E-state index in [0.29, 0.717) is 5.52 Å². The molecule has 0 radical (unpaired) electrons. The van der Waals surface area contributed by atoms with Crippen LogP contribution in [0.1, 0.15) is 37.2 Å². The Morgan fingerprint density at radius 3 is 2.52 bits per heavy atom. The minimum atomic E-state index is -1.15. The normalized spacial score (nSPS) is 12.6. The summed E-state index contributed by atoms with van der Waals surface area (Å²) in [6.07, 6.45) is 0. The van der Waals surface area contributed by atoms with Crippen molar-refractivity contribution in [1.82, 2.24) is 14.9 Å². The first-order valence-corrected chi connectivity index (χ1v) is 6.59. The third-order valence-corrected chi connectivity index (χ3v) is 3.17. The summed E-state index contributed by atoms with van der Waals surface area (Å²) in [5.74, 6) is -1.49. The van der Waals surface area contributed by atoms with Crippen LogP contribution in [0.2, 0.25) is 0 Å². The Morgan fingerprint density at radius 2 is 1.95 bits per heavy atom. The number of hydrogen-bond acceptors (Lipinski definition) is 3. The lowest BCUT2D eigenvalue weighted by Crippen LogP contribution is -2.38. The first-order chi connectivity index (χ1) is 9.82. The van der Waals surface area contributed by atoms with Gasteiger partial charge in [0.2, 0.25) is 5.91 Å². The van der Waals surface area contributed by atoms with Crippen LogP contribution in [-0.4, -0.2) is 32.6 Å². The lowest BCUT2D eigenvalue weighted by molar-refractivity contribution is -0.124. The molecule has 7 nitrogen and oxygen atoms in total. The molecule has 0 aliphatic heterocycles. The van der Waals surface area contributed by atoms with Crippen molar-refractivity contribution >= 4 is 22.9 Å². The van der Waals surface area contributed by atoms with Crippen molar-refractivity contribution in [1.29, 1.82) is 0 Å². The van der Waals surface area contributed by atoms with E-state index in [2.05, 4.69) is 10.3 Å². The van der Waals surface area contributed by atoms with Crippen molar-refractivity contribution in [3.63, 3.8) is 0 Å². The quantitative estimate of drug-likeness (QED) is 0.785. The number of H-pyrrole nitrogens is 1. The van der Waals surface area contributed by atoms with Gasteiger partial charge in [-0.05, 0) is 32.9 Å². The molecule has 0 spiro atoms. The standard InChI is InChI=1S/C14H17N3O4/c1-7(2)15-12(18)8(3)17-11-9(13(19)20)5-4-6-10(11)16-14(17)21/h4-8H,1-3H3,(H,15,18)(H,16,21)(H,19,20). The molecule has 0 aliphatic carbocycles. The van der Waals surface area contributed by atoms with Crippen molar-refractivity contribution in [2.24, 2.45) is 0 Å². The molecule has 0 aliphatic rings. The summed E-state index contributed by atoms with van der Waals surface area (Å²) in [5, 5.41) is 12.0. The average Bonchev–Trinajstić information content (AvgIpc) is 2.72. The smallest absolute Gasteiger partial charge is 0.337 e. The van der Waals surface area contributed by atoms with Crippen LogP contribution >= 0.6 is 0 Å². The summed E-state index contributed by atoms with van der Waals surface area (Å²) in [6, 6.07) is 3.67. The van der Waals surface area contributed by atoms with Gasteiger partial charge < -0.3 is 15.4 Å². The number of rotatable bonds is 4. The lowest BCUT2D eigenvalue weighted by Gasteiger charge is -2.16. The van der Waals surface area contributed by atoms with Gasteiger partial charge in [-0.3, -0.25) is 9.36 Å². The maximum atomic E-state index is 12.1. The zero-order valence-electron chi connectivity index (χ0n) is 12.0. The van der Waals surface area contributed by atoms with Crippen molar-refractivity contribution in [3.8, 4) is 0 Å². The predicted octanol–water partition coefficient (Wildman–Crippen LogP) is 1.11. The first kappa shape index (κ1) is 14.8. The Kier molecular flexibility index (Phi) is 3.84. The van der Waals surface area contributed by atoms with E-state index in [0.717, 1.165) is 0 Å². The fraction of sp³-hybridized carbons (Fsp3) is 0.357. The van der Waals surface area contributed by atoms with Crippen LogP contribution in [0.4, 0.5) is 0 Å². The number of carboxylic acids is 1. The summed E-state index contributed by atoms with van der Waals surface area (Å²) in [6.45, 7) is 5.18. The second-order valence-electron chi connectivity index (χ2n) is 5.15. The summed E-state index contributed by atoms with van der Waals surface area (Å²) in [5.41, 5.74) is 0.0886. The third kappa shape index (κ3) is 2.67. The van der Waals surface area contributed by atoms with E-state index < -0.39 is 17.7 Å². The molecule has 3 N–H and O–H groups in total. The van der Waals surface area contributed by atoms with Crippen molar-refractivity contribution in [2.45, 2.75) is 32.9 Å². The fourth-order valence-corrected chi connectivity index (χ4v) is 2.25. The molecule has 1 aromatic heterocycles. The van der Waals surface area contributed by atoms with Gasteiger partial charge in [0.1, 0.15) is 6.04 Å². The van der Waals surface area contributed by atoms with Gasteiger partial charge in [-0.25, -0.2) is 9.59 Å². The van der Waals surface area contributed by atoms with Crippen LogP contribution in [-0.2, 0) is 4.79 Å². The third-order valence-electron chi connectivity index (χ3n) is 3.17. The number of hydrogen-bond donors (Lipinski definition) is 3. The molecule has 0 saturated heterocycles. The molecule has 1 atom stereocenters. The van der Waals surface area contributed by atoms with Gasteiger partial charge in [-0.2, -0.15) is 0 Å². The van der Waals surface area contributed by atoms with Crippen molar-refractivity contribution in [2.75, 3.05) is 0 Å². The summed E-state index contributed by atoms with van der Waals surface area (Å²) in [7, 11) is 0. The number of benzene rings is 1. The van der Waals surface area contributed by atoms with E-state index in [4.69, 9.17) is 0 Å². The SMILES string of the molecule is CC(C)NC(=O)C(C)n1c(=O)[nH]c2cccc(C(=O)O)c21. The number of imidazole rings is 1. The highest BCUT2D eigenvalue weighted by Gasteiger charge is 2.23. The molecular weight excluding hydrogens is 274 g/mol. The minimum Gasteiger partial charge on any atom is -0.478 e. The minimum absolute atomic E-state index is 0.0185. The molecule has 1 aromatic carbocycles. The number of fused-ring (bicyclic) bond motifs is 1. The van der Waals surface area contributed by atoms with Crippen LogP contribution < -0.4 is 11.0 Å². The molecule has 7 heteroatoms. The lowest BCUT2D eigenvalue weighted by atomic mass is 10.1.